The standard InChI is InChI=1S/C32H41N3O4S/c1-7-25(5)33-32(37)26(6)34(21-27-17-13-23(3)14-18-27)31(36)22-35(30-12-10-9-11-28(30)8-2)40(38,39)29-19-15-24(4)16-20-29/h9-20,25-26H,7-8,21-22H2,1-6H3,(H,33,37)/t25-,26+/m0/s1. The molecule has 0 saturated carbocycles. The van der Waals surface area contributed by atoms with E-state index in [9.17, 15) is 18.0 Å². The Morgan fingerprint density at radius 1 is 0.850 bits per heavy atom. The molecule has 2 amide bonds. The van der Waals surface area contributed by atoms with Crippen LogP contribution in [0.3, 0.4) is 0 Å². The fourth-order valence-electron chi connectivity index (χ4n) is 4.34. The van der Waals surface area contributed by atoms with Gasteiger partial charge in [0, 0.05) is 12.6 Å². The number of para-hydroxylation sites is 1. The molecule has 0 bridgehead atoms. The molecule has 7 nitrogen and oxygen atoms in total. The quantitative estimate of drug-likeness (QED) is 0.320. The summed E-state index contributed by atoms with van der Waals surface area (Å²) in [6, 6.07) is 20.7. The molecule has 3 rings (SSSR count). The third-order valence-electron chi connectivity index (χ3n) is 7.17. The van der Waals surface area contributed by atoms with Gasteiger partial charge in [0.25, 0.3) is 10.0 Å². The maximum atomic E-state index is 14.1. The molecule has 0 radical (unpaired) electrons. The summed E-state index contributed by atoms with van der Waals surface area (Å²) >= 11 is 0. The van der Waals surface area contributed by atoms with E-state index in [-0.39, 0.29) is 23.4 Å². The van der Waals surface area contributed by atoms with Crippen LogP contribution in [0.4, 0.5) is 5.69 Å². The van der Waals surface area contributed by atoms with Gasteiger partial charge in [-0.1, -0.05) is 79.6 Å². The van der Waals surface area contributed by atoms with Crippen LogP contribution in [0.5, 0.6) is 0 Å². The van der Waals surface area contributed by atoms with Crippen LogP contribution in [0.15, 0.2) is 77.7 Å². The van der Waals surface area contributed by atoms with Gasteiger partial charge in [-0.15, -0.1) is 0 Å². The minimum absolute atomic E-state index is 0.0545. The molecule has 0 saturated heterocycles. The van der Waals surface area contributed by atoms with Gasteiger partial charge in [0.1, 0.15) is 12.6 Å². The Morgan fingerprint density at radius 2 is 1.43 bits per heavy atom. The Bertz CT molecular complexity index is 1400. The van der Waals surface area contributed by atoms with Gasteiger partial charge in [0.2, 0.25) is 11.8 Å². The lowest BCUT2D eigenvalue weighted by atomic mass is 10.1. The van der Waals surface area contributed by atoms with Crippen molar-refractivity contribution in [2.24, 2.45) is 0 Å². The lowest BCUT2D eigenvalue weighted by Crippen LogP contribution is -2.52. The van der Waals surface area contributed by atoms with Crippen molar-refractivity contribution in [3.05, 3.63) is 95.1 Å². The minimum atomic E-state index is -4.09. The topological polar surface area (TPSA) is 86.8 Å². The average molecular weight is 564 g/mol. The van der Waals surface area contributed by atoms with E-state index in [0.717, 1.165) is 28.7 Å². The Balaban J connectivity index is 2.06. The third kappa shape index (κ3) is 7.50. The second kappa shape index (κ2) is 13.6. The number of sulfonamides is 1. The molecule has 214 valence electrons. The number of nitrogens with one attached hydrogen (secondary N) is 1. The van der Waals surface area contributed by atoms with E-state index in [2.05, 4.69) is 5.32 Å². The third-order valence-corrected chi connectivity index (χ3v) is 8.94. The van der Waals surface area contributed by atoms with E-state index in [1.807, 2.05) is 71.0 Å². The number of hydrogen-bond donors (Lipinski definition) is 1. The summed E-state index contributed by atoms with van der Waals surface area (Å²) < 4.78 is 29.2. The molecule has 0 aromatic heterocycles. The molecule has 1 N–H and O–H groups in total. The van der Waals surface area contributed by atoms with E-state index < -0.39 is 28.5 Å². The zero-order valence-corrected chi connectivity index (χ0v) is 25.2. The first kappa shape index (κ1) is 30.9. The minimum Gasteiger partial charge on any atom is -0.352 e. The van der Waals surface area contributed by atoms with Crippen molar-refractivity contribution in [3.8, 4) is 0 Å². The Labute approximate surface area is 239 Å². The molecule has 0 aliphatic rings. The highest BCUT2D eigenvalue weighted by atomic mass is 32.2. The van der Waals surface area contributed by atoms with Gasteiger partial charge in [0.05, 0.1) is 10.6 Å². The summed E-state index contributed by atoms with van der Waals surface area (Å²) in [5.41, 5.74) is 4.12. The van der Waals surface area contributed by atoms with E-state index in [4.69, 9.17) is 0 Å². The van der Waals surface area contributed by atoms with Gasteiger partial charge in [-0.05, 0) is 69.9 Å². The van der Waals surface area contributed by atoms with E-state index in [0.29, 0.717) is 12.1 Å². The van der Waals surface area contributed by atoms with Crippen LogP contribution in [-0.4, -0.2) is 43.8 Å². The molecule has 2 atom stereocenters. The van der Waals surface area contributed by atoms with Crippen LogP contribution in [0.25, 0.3) is 0 Å². The highest BCUT2D eigenvalue weighted by Gasteiger charge is 2.33. The molecule has 0 spiro atoms. The zero-order chi connectivity index (χ0) is 29.4. The van der Waals surface area contributed by atoms with Gasteiger partial charge in [-0.25, -0.2) is 8.42 Å². The molecule has 0 aliphatic carbocycles. The summed E-state index contributed by atoms with van der Waals surface area (Å²) in [5.74, 6) is -0.745. The summed E-state index contributed by atoms with van der Waals surface area (Å²) in [5, 5.41) is 2.96. The van der Waals surface area contributed by atoms with Crippen molar-refractivity contribution in [1.29, 1.82) is 0 Å². The summed E-state index contributed by atoms with van der Waals surface area (Å²) in [7, 11) is -4.09. The van der Waals surface area contributed by atoms with E-state index in [1.165, 1.54) is 9.21 Å². The molecule has 0 unspecified atom stereocenters. The normalized spacial score (nSPS) is 12.8. The number of rotatable bonds is 12. The molecular weight excluding hydrogens is 522 g/mol. The van der Waals surface area contributed by atoms with Crippen molar-refractivity contribution in [2.45, 2.75) is 77.9 Å². The summed E-state index contributed by atoms with van der Waals surface area (Å²) in [6.45, 7) is 11.1. The smallest absolute Gasteiger partial charge is 0.264 e. The zero-order valence-electron chi connectivity index (χ0n) is 24.3. The molecule has 0 fully saturated rings. The fraction of sp³-hybridized carbons (Fsp3) is 0.375. The van der Waals surface area contributed by atoms with Gasteiger partial charge in [-0.3, -0.25) is 13.9 Å². The molecule has 3 aromatic carbocycles. The van der Waals surface area contributed by atoms with Crippen LogP contribution in [-0.2, 0) is 32.6 Å². The first-order valence-corrected chi connectivity index (χ1v) is 15.2. The van der Waals surface area contributed by atoms with Gasteiger partial charge in [0.15, 0.2) is 0 Å². The molecule has 0 heterocycles. The van der Waals surface area contributed by atoms with E-state index >= 15 is 0 Å². The number of anilines is 1. The van der Waals surface area contributed by atoms with Gasteiger partial charge >= 0.3 is 0 Å². The second-order valence-electron chi connectivity index (χ2n) is 10.3. The van der Waals surface area contributed by atoms with Crippen molar-refractivity contribution < 1.29 is 18.0 Å². The highest BCUT2D eigenvalue weighted by molar-refractivity contribution is 7.92. The first-order chi connectivity index (χ1) is 19.0. The van der Waals surface area contributed by atoms with Gasteiger partial charge < -0.3 is 10.2 Å². The number of carbonyl (C=O) groups is 2. The van der Waals surface area contributed by atoms with Crippen molar-refractivity contribution in [1.82, 2.24) is 10.2 Å². The van der Waals surface area contributed by atoms with Crippen LogP contribution in [0.2, 0.25) is 0 Å². The van der Waals surface area contributed by atoms with Crippen LogP contribution in [0.1, 0.15) is 56.4 Å². The lowest BCUT2D eigenvalue weighted by Gasteiger charge is -2.33. The summed E-state index contributed by atoms with van der Waals surface area (Å²) in [4.78, 5) is 28.8. The highest BCUT2D eigenvalue weighted by Crippen LogP contribution is 2.28. The van der Waals surface area contributed by atoms with Crippen LogP contribution in [0, 0.1) is 13.8 Å². The molecule has 8 heteroatoms. The van der Waals surface area contributed by atoms with Crippen molar-refractivity contribution >= 4 is 27.5 Å². The molecule has 40 heavy (non-hydrogen) atoms. The lowest BCUT2D eigenvalue weighted by molar-refractivity contribution is -0.139. The number of carbonyl (C=O) groups excluding carboxylic acids is 2. The first-order valence-electron chi connectivity index (χ1n) is 13.8. The maximum Gasteiger partial charge on any atom is 0.264 e. The number of nitrogens with zero attached hydrogens (tertiary/aromatic N) is 2. The number of benzene rings is 3. The van der Waals surface area contributed by atoms with Crippen LogP contribution >= 0.6 is 0 Å². The van der Waals surface area contributed by atoms with Crippen molar-refractivity contribution in [2.75, 3.05) is 10.8 Å². The number of aryl methyl sites for hydroxylation is 3. The van der Waals surface area contributed by atoms with Crippen molar-refractivity contribution in [3.63, 3.8) is 0 Å². The Kier molecular flexibility index (Phi) is 10.5. The SMILES string of the molecule is CCc1ccccc1N(CC(=O)N(Cc1ccc(C)cc1)[C@H](C)C(=O)N[C@@H](C)CC)S(=O)(=O)c1ccc(C)cc1. The van der Waals surface area contributed by atoms with Crippen LogP contribution < -0.4 is 9.62 Å². The molecule has 0 aliphatic heterocycles. The van der Waals surface area contributed by atoms with Gasteiger partial charge in [-0.2, -0.15) is 0 Å². The van der Waals surface area contributed by atoms with E-state index in [1.54, 1.807) is 43.3 Å². The molecule has 3 aromatic rings. The Morgan fingerprint density at radius 3 is 2.00 bits per heavy atom. The Hall–Kier alpha value is -3.65. The monoisotopic (exact) mass is 563 g/mol. The predicted octanol–water partition coefficient (Wildman–Crippen LogP) is 5.39. The average Bonchev–Trinajstić information content (AvgIpc) is 2.95. The second-order valence-corrected chi connectivity index (χ2v) is 12.2. The maximum absolute atomic E-state index is 14.1. The fourth-order valence-corrected chi connectivity index (χ4v) is 5.79. The molecular formula is C32H41N3O4S. The largest absolute Gasteiger partial charge is 0.352 e. The summed E-state index contributed by atoms with van der Waals surface area (Å²) in [6.07, 6.45) is 1.34. The predicted molar refractivity (Wildman–Crippen MR) is 161 cm³/mol. The number of hydrogen-bond acceptors (Lipinski definition) is 4. The number of amides is 2.